The van der Waals surface area contributed by atoms with Crippen molar-refractivity contribution in [1.82, 2.24) is 5.32 Å². The number of fused-ring (bicyclic) bond motifs is 2. The Hall–Kier alpha value is -4.26. The van der Waals surface area contributed by atoms with Gasteiger partial charge in [0.15, 0.2) is 0 Å². The van der Waals surface area contributed by atoms with E-state index in [0.717, 1.165) is 27.1 Å². The van der Waals surface area contributed by atoms with Gasteiger partial charge in [-0.15, -0.1) is 0 Å². The highest BCUT2D eigenvalue weighted by Crippen LogP contribution is 2.29. The van der Waals surface area contributed by atoms with Crippen LogP contribution in [0.25, 0.3) is 21.5 Å². The molecule has 0 fully saturated rings. The summed E-state index contributed by atoms with van der Waals surface area (Å²) in [6, 6.07) is 22.2. The van der Waals surface area contributed by atoms with Crippen molar-refractivity contribution in [3.05, 3.63) is 100 Å². The molecule has 160 valence electrons. The molecule has 1 N–H and O–H groups in total. The molecule has 4 aromatic rings. The average molecular weight is 428 g/mol. The Morgan fingerprint density at radius 3 is 2.16 bits per heavy atom. The van der Waals surface area contributed by atoms with Gasteiger partial charge in [0.2, 0.25) is 0 Å². The fourth-order valence-corrected chi connectivity index (χ4v) is 3.87. The zero-order valence-electron chi connectivity index (χ0n) is 17.3. The van der Waals surface area contributed by atoms with Crippen LogP contribution in [0.1, 0.15) is 15.9 Å². The van der Waals surface area contributed by atoms with Gasteiger partial charge in [0, 0.05) is 24.1 Å². The van der Waals surface area contributed by atoms with Crippen LogP contribution < -0.4 is 5.32 Å². The molecule has 0 unspecified atom stereocenters. The highest BCUT2D eigenvalue weighted by atomic mass is 16.6. The van der Waals surface area contributed by atoms with Crippen LogP contribution >= 0.6 is 0 Å². The first kappa shape index (κ1) is 21.0. The van der Waals surface area contributed by atoms with Crippen LogP contribution in [0.3, 0.4) is 0 Å². The van der Waals surface area contributed by atoms with E-state index in [9.17, 15) is 19.7 Å². The minimum atomic E-state index is -0.971. The summed E-state index contributed by atoms with van der Waals surface area (Å²) in [5.41, 5.74) is 0.802. The van der Waals surface area contributed by atoms with Gasteiger partial charge in [-0.3, -0.25) is 14.9 Å². The quantitative estimate of drug-likeness (QED) is 0.212. The predicted molar refractivity (Wildman–Crippen MR) is 122 cm³/mol. The van der Waals surface area contributed by atoms with Crippen LogP contribution in [0.5, 0.6) is 0 Å². The lowest BCUT2D eigenvalue weighted by atomic mass is 9.92. The molecule has 7 nitrogen and oxygen atoms in total. The first-order chi connectivity index (χ1) is 15.5. The van der Waals surface area contributed by atoms with Crippen molar-refractivity contribution in [2.24, 2.45) is 0 Å². The van der Waals surface area contributed by atoms with Crippen LogP contribution in [0.4, 0.5) is 5.69 Å². The van der Waals surface area contributed by atoms with E-state index in [1.807, 2.05) is 48.5 Å². The summed E-state index contributed by atoms with van der Waals surface area (Å²) in [6.45, 7) is 0. The van der Waals surface area contributed by atoms with Gasteiger partial charge in [-0.1, -0.05) is 54.6 Å². The molecule has 0 saturated carbocycles. The van der Waals surface area contributed by atoms with E-state index >= 15 is 0 Å². The van der Waals surface area contributed by atoms with Crippen molar-refractivity contribution in [2.45, 2.75) is 12.5 Å². The Morgan fingerprint density at radius 1 is 0.938 bits per heavy atom. The summed E-state index contributed by atoms with van der Waals surface area (Å²) in [7, 11) is 1.26. The largest absolute Gasteiger partial charge is 0.467 e. The smallest absolute Gasteiger partial charge is 0.328 e. The normalized spacial score (nSPS) is 11.8. The van der Waals surface area contributed by atoms with Crippen LogP contribution in [-0.4, -0.2) is 30.0 Å². The molecule has 0 aliphatic heterocycles. The van der Waals surface area contributed by atoms with Crippen molar-refractivity contribution >= 4 is 39.1 Å². The maximum Gasteiger partial charge on any atom is 0.328 e. The van der Waals surface area contributed by atoms with Crippen molar-refractivity contribution in [1.29, 1.82) is 0 Å². The standard InChI is InChI=1S/C25H20N2O5/c1-32-25(29)23(26-24(28)18-9-6-10-19(14-18)27(30)31)15-22-20-11-4-2-7-16(20)13-17-8-3-5-12-21(17)22/h2-14,23H,15H2,1H3,(H,26,28)/t23-/m0/s1. The van der Waals surface area contributed by atoms with Crippen molar-refractivity contribution < 1.29 is 19.2 Å². The number of nitro groups is 1. The number of nitrogens with one attached hydrogen (secondary N) is 1. The summed E-state index contributed by atoms with van der Waals surface area (Å²) in [6.07, 6.45) is 0.204. The SMILES string of the molecule is COC(=O)[C@H](Cc1c2ccccc2cc2ccccc12)NC(=O)c1cccc([N+](=O)[O-])c1. The van der Waals surface area contributed by atoms with Gasteiger partial charge < -0.3 is 10.1 Å². The number of carbonyl (C=O) groups is 2. The first-order valence-corrected chi connectivity index (χ1v) is 10.0. The monoisotopic (exact) mass is 428 g/mol. The second kappa shape index (κ2) is 8.85. The molecule has 4 aromatic carbocycles. The second-order valence-corrected chi connectivity index (χ2v) is 7.36. The molecule has 0 aliphatic carbocycles. The average Bonchev–Trinajstić information content (AvgIpc) is 2.82. The molecule has 0 saturated heterocycles. The minimum absolute atomic E-state index is 0.0934. The maximum absolute atomic E-state index is 12.8. The van der Waals surface area contributed by atoms with Crippen LogP contribution in [-0.2, 0) is 16.0 Å². The Bertz CT molecular complexity index is 1290. The molecular formula is C25H20N2O5. The third kappa shape index (κ3) is 4.13. The zero-order valence-corrected chi connectivity index (χ0v) is 17.3. The predicted octanol–water partition coefficient (Wildman–Crippen LogP) is 4.42. The van der Waals surface area contributed by atoms with E-state index in [1.165, 1.54) is 31.4 Å². The van der Waals surface area contributed by atoms with Crippen molar-refractivity contribution in [3.8, 4) is 0 Å². The molecule has 1 atom stereocenters. The Morgan fingerprint density at radius 2 is 1.56 bits per heavy atom. The Balaban J connectivity index is 1.73. The lowest BCUT2D eigenvalue weighted by Gasteiger charge is -2.19. The number of carbonyl (C=O) groups excluding carboxylic acids is 2. The number of hydrogen-bond donors (Lipinski definition) is 1. The highest BCUT2D eigenvalue weighted by molar-refractivity contribution is 6.03. The number of amides is 1. The van der Waals surface area contributed by atoms with E-state index in [0.29, 0.717) is 0 Å². The number of benzene rings is 4. The van der Waals surface area contributed by atoms with E-state index < -0.39 is 22.8 Å². The first-order valence-electron chi connectivity index (χ1n) is 10.0. The van der Waals surface area contributed by atoms with Gasteiger partial charge in [0.25, 0.3) is 11.6 Å². The fraction of sp³-hybridized carbons (Fsp3) is 0.120. The molecule has 0 heterocycles. The summed E-state index contributed by atoms with van der Waals surface area (Å²) in [4.78, 5) is 35.9. The van der Waals surface area contributed by atoms with Gasteiger partial charge >= 0.3 is 5.97 Å². The summed E-state index contributed by atoms with van der Waals surface area (Å²) < 4.78 is 4.95. The number of rotatable bonds is 6. The van der Waals surface area contributed by atoms with Crippen molar-refractivity contribution in [3.63, 3.8) is 0 Å². The molecule has 1 amide bonds. The number of esters is 1. The van der Waals surface area contributed by atoms with Crippen LogP contribution in [0.15, 0.2) is 78.9 Å². The van der Waals surface area contributed by atoms with Gasteiger partial charge in [-0.05, 0) is 39.2 Å². The summed E-state index contributed by atoms with van der Waals surface area (Å²) >= 11 is 0. The Labute approximate surface area is 183 Å². The zero-order chi connectivity index (χ0) is 22.7. The lowest BCUT2D eigenvalue weighted by Crippen LogP contribution is -2.43. The number of non-ortho nitro benzene ring substituents is 1. The summed E-state index contributed by atoms with van der Waals surface area (Å²) in [5.74, 6) is -1.19. The van der Waals surface area contributed by atoms with Gasteiger partial charge in [-0.25, -0.2) is 4.79 Å². The molecule has 7 heteroatoms. The number of nitrogens with zero attached hydrogens (tertiary/aromatic N) is 1. The summed E-state index contributed by atoms with van der Waals surface area (Å²) in [5, 5.41) is 17.7. The minimum Gasteiger partial charge on any atom is -0.467 e. The molecule has 0 aromatic heterocycles. The fourth-order valence-electron chi connectivity index (χ4n) is 3.87. The highest BCUT2D eigenvalue weighted by Gasteiger charge is 2.25. The maximum atomic E-state index is 12.8. The van der Waals surface area contributed by atoms with E-state index in [4.69, 9.17) is 4.74 Å². The Kier molecular flexibility index (Phi) is 5.81. The molecule has 32 heavy (non-hydrogen) atoms. The lowest BCUT2D eigenvalue weighted by molar-refractivity contribution is -0.384. The van der Waals surface area contributed by atoms with Crippen LogP contribution in [0, 0.1) is 10.1 Å². The molecular weight excluding hydrogens is 408 g/mol. The number of ether oxygens (including phenoxy) is 1. The molecule has 0 aliphatic rings. The molecule has 4 rings (SSSR count). The third-order valence-corrected chi connectivity index (χ3v) is 5.40. The number of methoxy groups -OCH3 is 1. The van der Waals surface area contributed by atoms with Gasteiger partial charge in [0.1, 0.15) is 6.04 Å². The number of nitro benzene ring substituents is 1. The molecule has 0 radical (unpaired) electrons. The number of hydrogen-bond acceptors (Lipinski definition) is 5. The topological polar surface area (TPSA) is 98.5 Å². The van der Waals surface area contributed by atoms with Crippen LogP contribution in [0.2, 0.25) is 0 Å². The van der Waals surface area contributed by atoms with E-state index in [-0.39, 0.29) is 17.7 Å². The van der Waals surface area contributed by atoms with Gasteiger partial charge in [0.05, 0.1) is 12.0 Å². The molecule has 0 spiro atoms. The second-order valence-electron chi connectivity index (χ2n) is 7.36. The van der Waals surface area contributed by atoms with E-state index in [2.05, 4.69) is 11.4 Å². The molecule has 0 bridgehead atoms. The third-order valence-electron chi connectivity index (χ3n) is 5.40. The van der Waals surface area contributed by atoms with Gasteiger partial charge in [-0.2, -0.15) is 0 Å². The van der Waals surface area contributed by atoms with Crippen molar-refractivity contribution in [2.75, 3.05) is 7.11 Å². The van der Waals surface area contributed by atoms with E-state index in [1.54, 1.807) is 0 Å².